The van der Waals surface area contributed by atoms with Gasteiger partial charge >= 0.3 is 0 Å². The second kappa shape index (κ2) is 15.4. The van der Waals surface area contributed by atoms with Crippen LogP contribution in [-0.4, -0.2) is 14.1 Å². The van der Waals surface area contributed by atoms with Crippen molar-refractivity contribution in [2.24, 2.45) is 0 Å². The van der Waals surface area contributed by atoms with E-state index in [4.69, 9.17) is 9.72 Å². The molecule has 6 aromatic carbocycles. The van der Waals surface area contributed by atoms with E-state index in [-0.39, 0.29) is 48.8 Å². The fraction of sp³-hybridized carbons (Fsp3) is 0.323. The Morgan fingerprint density at radius 2 is 1.21 bits per heavy atom. The first-order valence-corrected chi connectivity index (χ1v) is 24.1. The molecule has 9 aromatic rings. The molecule has 0 N–H and O–H groups in total. The fourth-order valence-electron chi connectivity index (χ4n) is 11.2. The smallest absolute Gasteiger partial charge is 0.242 e. The van der Waals surface area contributed by atoms with Gasteiger partial charge in [-0.15, -0.1) is 35.2 Å². The number of aromatic nitrogens is 4. The Kier molecular flexibility index (Phi) is 10.4. The van der Waals surface area contributed by atoms with Crippen molar-refractivity contribution in [1.29, 1.82) is 0 Å². The average molecular weight is 1070 g/mol. The molecule has 0 fully saturated rings. The maximum absolute atomic E-state index is 6.95. The van der Waals surface area contributed by atoms with Crippen LogP contribution in [0.15, 0.2) is 115 Å². The minimum atomic E-state index is -0.696. The maximum Gasteiger partial charge on any atom is 0.242 e. The Hall–Kier alpha value is -5.77. The second-order valence-corrected chi connectivity index (χ2v) is 23.5. The topological polar surface area (TPSA) is 35.9 Å². The Morgan fingerprint density at radius 3 is 1.79 bits per heavy atom. The number of benzene rings is 6. The van der Waals surface area contributed by atoms with Crippen molar-refractivity contribution in [2.75, 3.05) is 0 Å². The molecule has 0 saturated heterocycles. The van der Waals surface area contributed by atoms with Gasteiger partial charge in [-0.1, -0.05) is 161 Å². The first-order chi connectivity index (χ1) is 31.6. The van der Waals surface area contributed by atoms with E-state index in [2.05, 4.69) is 214 Å². The van der Waals surface area contributed by atoms with Gasteiger partial charge in [-0.05, 0) is 109 Å². The summed E-state index contributed by atoms with van der Waals surface area (Å²) in [6.07, 6.45) is 5.71. The predicted molar refractivity (Wildman–Crippen MR) is 275 cm³/mol. The second-order valence-electron chi connectivity index (χ2n) is 23.5. The molecule has 4 heterocycles. The first-order valence-electron chi connectivity index (χ1n) is 24.1. The molecule has 1 aliphatic heterocycles. The van der Waals surface area contributed by atoms with Gasteiger partial charge in [0.15, 0.2) is 0 Å². The van der Waals surface area contributed by atoms with Gasteiger partial charge in [0.05, 0.1) is 17.1 Å². The molecular weight excluding hydrogens is 1010 g/mol. The largest absolute Gasteiger partial charge is 0.510 e. The van der Waals surface area contributed by atoms with Gasteiger partial charge < -0.3 is 18.4 Å². The summed E-state index contributed by atoms with van der Waals surface area (Å²) in [5.74, 6) is 2.06. The summed E-state index contributed by atoms with van der Waals surface area (Å²) in [7, 11) is 0. The van der Waals surface area contributed by atoms with Crippen LogP contribution >= 0.6 is 0 Å². The number of hydrogen-bond donors (Lipinski definition) is 0. The molecule has 1 aliphatic carbocycles. The van der Waals surface area contributed by atoms with Gasteiger partial charge in [0.2, 0.25) is 6.33 Å². The molecule has 0 atom stereocenters. The third kappa shape index (κ3) is 6.73. The summed E-state index contributed by atoms with van der Waals surface area (Å²) in [4.78, 5) is 4.76. The van der Waals surface area contributed by atoms with E-state index < -0.39 is 5.41 Å². The van der Waals surface area contributed by atoms with Crippen LogP contribution in [0.3, 0.4) is 0 Å². The van der Waals surface area contributed by atoms with E-state index in [1.54, 1.807) is 0 Å². The molecular formula is C62H62N4OPt-2. The van der Waals surface area contributed by atoms with Crippen molar-refractivity contribution >= 4 is 32.8 Å². The number of fused-ring (bicyclic) bond motifs is 12. The van der Waals surface area contributed by atoms with Crippen molar-refractivity contribution < 1.29 is 30.4 Å². The van der Waals surface area contributed by atoms with Crippen LogP contribution in [0.25, 0.3) is 55.5 Å². The predicted octanol–water partition coefficient (Wildman–Crippen LogP) is 15.0. The van der Waals surface area contributed by atoms with E-state index in [1.807, 2.05) is 30.5 Å². The van der Waals surface area contributed by atoms with Crippen molar-refractivity contribution in [2.45, 2.75) is 130 Å². The number of para-hydroxylation sites is 2. The number of hydrogen-bond acceptors (Lipinski definition) is 2. The summed E-state index contributed by atoms with van der Waals surface area (Å²) in [6, 6.07) is 48.1. The minimum absolute atomic E-state index is 0. The molecule has 6 heteroatoms. The van der Waals surface area contributed by atoms with Crippen LogP contribution < -0.4 is 9.30 Å². The first kappa shape index (κ1) is 46.0. The van der Waals surface area contributed by atoms with Gasteiger partial charge in [-0.25, -0.2) is 4.98 Å². The van der Waals surface area contributed by atoms with Crippen LogP contribution in [-0.2, 0) is 48.1 Å². The zero-order valence-corrected chi connectivity index (χ0v) is 44.3. The van der Waals surface area contributed by atoms with Crippen molar-refractivity contribution in [3.8, 4) is 34.1 Å². The Morgan fingerprint density at radius 1 is 0.603 bits per heavy atom. The Bertz CT molecular complexity index is 3420. The zero-order chi connectivity index (χ0) is 47.3. The SMILES string of the molecule is CC(C)[n+]1[c-]n2c3c(cccc31)C1(c3ccc(Oc4[c-]c5c(cc4)c4ccccc4n5-c4ccccn4)[c-]c3-2)c2c(cc(C(C)(C)C)cc2C(C)(C)C)-c2cc(C(C)(C)C)cc(C(C)(C)C)c21.[Pt]. The third-order valence-corrected chi connectivity index (χ3v) is 14.5. The Labute approximate surface area is 417 Å². The van der Waals surface area contributed by atoms with Crippen LogP contribution in [0.2, 0.25) is 0 Å². The van der Waals surface area contributed by atoms with Crippen LogP contribution in [0.4, 0.5) is 0 Å². The van der Waals surface area contributed by atoms with Gasteiger partial charge in [-0.3, -0.25) is 0 Å². The molecule has 0 bridgehead atoms. The van der Waals surface area contributed by atoms with Crippen molar-refractivity contribution in [3.05, 3.63) is 178 Å². The van der Waals surface area contributed by atoms with Crippen LogP contribution in [0, 0.1) is 18.5 Å². The van der Waals surface area contributed by atoms with Crippen LogP contribution in [0.5, 0.6) is 11.5 Å². The van der Waals surface area contributed by atoms with E-state index in [0.717, 1.165) is 44.3 Å². The number of rotatable bonds is 4. The Balaban J connectivity index is 0.00000539. The van der Waals surface area contributed by atoms with E-state index >= 15 is 0 Å². The normalized spacial score (nSPS) is 14.2. The van der Waals surface area contributed by atoms with Gasteiger partial charge in [0.25, 0.3) is 0 Å². The summed E-state index contributed by atoms with van der Waals surface area (Å²) in [5, 5.41) is 2.24. The quantitative estimate of drug-likeness (QED) is 0.130. The molecule has 68 heavy (non-hydrogen) atoms. The summed E-state index contributed by atoms with van der Waals surface area (Å²) < 4.78 is 13.7. The van der Waals surface area contributed by atoms with Gasteiger partial charge in [-0.2, -0.15) is 12.1 Å². The number of nitrogens with zero attached hydrogens (tertiary/aromatic N) is 4. The summed E-state index contributed by atoms with van der Waals surface area (Å²) in [5.41, 5.74) is 17.4. The molecule has 0 radical (unpaired) electrons. The molecule has 0 amide bonds. The number of ether oxygens (including phenoxy) is 1. The molecule has 0 unspecified atom stereocenters. The molecule has 5 nitrogen and oxygen atoms in total. The summed E-state index contributed by atoms with van der Waals surface area (Å²) in [6.45, 7) is 33.0. The molecule has 1 spiro atoms. The van der Waals surface area contributed by atoms with Crippen molar-refractivity contribution in [1.82, 2.24) is 14.1 Å². The van der Waals surface area contributed by atoms with Gasteiger partial charge in [0.1, 0.15) is 5.82 Å². The number of imidazole rings is 1. The standard InChI is InChI=1S/C62H62N4O.Pt/c1-37(2)64-36-65-53-35-41(67-40-25-27-43-42-20-15-16-22-50(42)66(52(43)34-40)54-24-17-18-29-63-54)26-28-46(53)62(47-21-19-23-51(64)57(47)65)55-44(30-38(58(3,4)5)32-48(55)60(9,10)11)45-31-39(59(6,7)8)33-49(56(45)62)61(12,13)14;/h15-33,37H,1-14H3;/q-2;. The number of pyridine rings is 1. The molecule has 2 aliphatic rings. The maximum atomic E-state index is 6.95. The average Bonchev–Trinajstić information content (AvgIpc) is 3.91. The monoisotopic (exact) mass is 1070 g/mol. The van der Waals surface area contributed by atoms with E-state index in [9.17, 15) is 0 Å². The molecule has 0 saturated carbocycles. The van der Waals surface area contributed by atoms with E-state index in [0.29, 0.717) is 11.5 Å². The third-order valence-electron chi connectivity index (χ3n) is 14.5. The van der Waals surface area contributed by atoms with E-state index in [1.165, 1.54) is 55.6 Å². The zero-order valence-electron chi connectivity index (χ0n) is 42.1. The molecule has 11 rings (SSSR count). The summed E-state index contributed by atoms with van der Waals surface area (Å²) >= 11 is 0. The van der Waals surface area contributed by atoms with Crippen LogP contribution in [0.1, 0.15) is 147 Å². The minimum Gasteiger partial charge on any atom is -0.510 e. The molecule has 3 aromatic heterocycles. The van der Waals surface area contributed by atoms with Gasteiger partial charge in [0, 0.05) is 49.7 Å². The fourth-order valence-corrected chi connectivity index (χ4v) is 11.2. The molecule has 348 valence electrons. The van der Waals surface area contributed by atoms with Crippen molar-refractivity contribution in [3.63, 3.8) is 0 Å².